The largest absolute Gasteiger partial charge is 0.511 e. The fourth-order valence-corrected chi connectivity index (χ4v) is 6.10. The molecule has 0 fully saturated rings. The highest BCUT2D eigenvalue weighted by molar-refractivity contribution is 6.24. The highest BCUT2D eigenvalue weighted by atomic mass is 16.3. The van der Waals surface area contributed by atoms with Crippen LogP contribution in [0.25, 0.3) is 11.1 Å². The molecule has 0 aromatic heterocycles. The van der Waals surface area contributed by atoms with Gasteiger partial charge in [0, 0.05) is 49.8 Å². The lowest BCUT2D eigenvalue weighted by Gasteiger charge is -2.45. The van der Waals surface area contributed by atoms with Crippen LogP contribution in [0.15, 0.2) is 53.0 Å². The molecule has 0 radical (unpaired) electrons. The smallest absolute Gasteiger partial charge is 0.255 e. The number of primary amides is 1. The monoisotopic (exact) mass is 519 g/mol. The number of anilines is 1. The van der Waals surface area contributed by atoms with Gasteiger partial charge in [-0.3, -0.25) is 14.4 Å². The van der Waals surface area contributed by atoms with Gasteiger partial charge in [0.2, 0.25) is 5.78 Å². The zero-order valence-corrected chi connectivity index (χ0v) is 21.0. The van der Waals surface area contributed by atoms with Gasteiger partial charge in [-0.1, -0.05) is 12.1 Å². The summed E-state index contributed by atoms with van der Waals surface area (Å²) in [6.07, 6.45) is 0.0184. The quantitative estimate of drug-likeness (QED) is 0.327. The number of rotatable bonds is 4. The Morgan fingerprint density at radius 3 is 2.34 bits per heavy atom. The Morgan fingerprint density at radius 1 is 1.11 bits per heavy atom. The zero-order valence-electron chi connectivity index (χ0n) is 21.0. The average Bonchev–Trinajstić information content (AvgIpc) is 2.86. The third-order valence-electron chi connectivity index (χ3n) is 8.06. The van der Waals surface area contributed by atoms with Crippen LogP contribution in [0, 0.1) is 11.8 Å². The molecule has 2 aromatic rings. The Labute approximate surface area is 218 Å². The number of Topliss-reactive ketones (excluding diaryl/α,β-unsaturated/α-hetero) is 2. The lowest BCUT2D eigenvalue weighted by atomic mass is 9.60. The van der Waals surface area contributed by atoms with Crippen LogP contribution in [0.4, 0.5) is 5.69 Å². The number of phenols is 1. The first-order chi connectivity index (χ1) is 17.9. The number of fused-ring (bicyclic) bond motifs is 3. The summed E-state index contributed by atoms with van der Waals surface area (Å²) in [4.78, 5) is 40.8. The highest BCUT2D eigenvalue weighted by Crippen LogP contribution is 2.52. The van der Waals surface area contributed by atoms with E-state index in [0.717, 1.165) is 11.3 Å². The van der Waals surface area contributed by atoms with Gasteiger partial charge in [-0.2, -0.15) is 0 Å². The fourth-order valence-electron chi connectivity index (χ4n) is 6.10. The molecule has 0 spiro atoms. The van der Waals surface area contributed by atoms with Crippen molar-refractivity contribution in [3.05, 3.63) is 69.7 Å². The number of aromatic hydroxyl groups is 1. The number of nitrogens with zero attached hydrogens (tertiary/aromatic N) is 1. The molecule has 10 heteroatoms. The van der Waals surface area contributed by atoms with Gasteiger partial charge >= 0.3 is 0 Å². The van der Waals surface area contributed by atoms with Crippen molar-refractivity contribution in [2.24, 2.45) is 23.3 Å². The molecule has 3 atom stereocenters. The molecule has 1 amide bonds. The topological polar surface area (TPSA) is 187 Å². The Kier molecular flexibility index (Phi) is 5.85. The molecule has 3 aliphatic carbocycles. The van der Waals surface area contributed by atoms with Crippen molar-refractivity contribution >= 4 is 23.2 Å². The molecule has 0 saturated carbocycles. The van der Waals surface area contributed by atoms with E-state index >= 15 is 0 Å². The molecule has 10 nitrogen and oxygen atoms in total. The average molecular weight is 520 g/mol. The lowest BCUT2D eigenvalue weighted by molar-refractivity contribution is -0.144. The molecule has 0 heterocycles. The minimum Gasteiger partial charge on any atom is -0.511 e. The van der Waals surface area contributed by atoms with E-state index in [0.29, 0.717) is 16.7 Å². The summed E-state index contributed by atoms with van der Waals surface area (Å²) < 4.78 is 0. The molecule has 38 heavy (non-hydrogen) atoms. The number of amides is 1. The lowest BCUT2D eigenvalue weighted by Crippen LogP contribution is -2.57. The van der Waals surface area contributed by atoms with E-state index in [1.165, 1.54) is 0 Å². The van der Waals surface area contributed by atoms with Crippen molar-refractivity contribution in [3.8, 4) is 16.9 Å². The first-order valence-electron chi connectivity index (χ1n) is 12.2. The number of hydrogen-bond donors (Lipinski definition) is 6. The van der Waals surface area contributed by atoms with E-state index < -0.39 is 52.0 Å². The van der Waals surface area contributed by atoms with Crippen LogP contribution in [-0.4, -0.2) is 57.6 Å². The number of allylic oxidation sites excluding steroid dienone is 2. The van der Waals surface area contributed by atoms with Crippen LogP contribution in [0.5, 0.6) is 5.75 Å². The van der Waals surface area contributed by atoms with Crippen molar-refractivity contribution in [1.29, 1.82) is 0 Å². The molecule has 2 aromatic carbocycles. The number of phenolic OH excluding ortho intramolecular Hbond substituents is 1. The molecule has 0 bridgehead atoms. The second kappa shape index (κ2) is 8.71. The summed E-state index contributed by atoms with van der Waals surface area (Å²) in [5.41, 5.74) is 10.9. The number of carbonyl (C=O) groups excluding carboxylic acids is 3. The van der Waals surface area contributed by atoms with E-state index in [-0.39, 0.29) is 42.7 Å². The summed E-state index contributed by atoms with van der Waals surface area (Å²) in [7, 11) is 3.84. The van der Waals surface area contributed by atoms with Crippen molar-refractivity contribution in [3.63, 3.8) is 0 Å². The van der Waals surface area contributed by atoms with Crippen LogP contribution >= 0.6 is 0 Å². The Hall–Kier alpha value is -4.15. The van der Waals surface area contributed by atoms with Gasteiger partial charge in [-0.25, -0.2) is 0 Å². The second-order valence-corrected chi connectivity index (χ2v) is 10.3. The number of aliphatic hydroxyl groups is 3. The third-order valence-corrected chi connectivity index (χ3v) is 8.06. The van der Waals surface area contributed by atoms with Crippen molar-refractivity contribution in [2.75, 3.05) is 19.0 Å². The summed E-state index contributed by atoms with van der Waals surface area (Å²) in [5, 5.41) is 44.0. The number of carbonyl (C=O) groups is 3. The third kappa shape index (κ3) is 3.44. The number of hydrogen-bond acceptors (Lipinski definition) is 9. The van der Waals surface area contributed by atoms with Gasteiger partial charge in [-0.15, -0.1) is 0 Å². The maximum atomic E-state index is 13.9. The van der Waals surface area contributed by atoms with Gasteiger partial charge in [0.1, 0.15) is 22.8 Å². The maximum absolute atomic E-state index is 13.9. The highest BCUT2D eigenvalue weighted by Gasteiger charge is 2.59. The van der Waals surface area contributed by atoms with Crippen LogP contribution < -0.4 is 16.4 Å². The molecule has 8 N–H and O–H groups in total. The van der Waals surface area contributed by atoms with Crippen molar-refractivity contribution < 1.29 is 34.8 Å². The molecule has 0 saturated heterocycles. The first kappa shape index (κ1) is 25.5. The number of benzene rings is 2. The molecule has 0 aliphatic heterocycles. The van der Waals surface area contributed by atoms with Crippen LogP contribution in [0.2, 0.25) is 0 Å². The summed E-state index contributed by atoms with van der Waals surface area (Å²) in [6, 6.07) is 9.42. The maximum Gasteiger partial charge on any atom is 0.255 e. The van der Waals surface area contributed by atoms with Crippen LogP contribution in [0.3, 0.4) is 0 Å². The molecule has 5 rings (SSSR count). The second-order valence-electron chi connectivity index (χ2n) is 10.3. The SMILES string of the molecule is CN(C)c1ccc(-c2cc(CN)c(O)c3c2C[C@H]2C[C@H]4CC(O)=C(C(N)=O)C(=O)[C@@]4(O)C(O)=C2C3=O)cc1. The van der Waals surface area contributed by atoms with Gasteiger partial charge in [0.15, 0.2) is 11.4 Å². The van der Waals surface area contributed by atoms with Crippen LogP contribution in [0.1, 0.15) is 34.3 Å². The standard InChI is InChI=1S/C28H29N3O7/c1-31(2)16-5-3-12(4-6-16)17-9-14(11-29)23(33)21-18(17)8-13-7-15-10-19(32)22(27(30)37)26(36)28(15,38)25(35)20(13)24(21)34/h3-6,9,13,15,32-33,35,38H,7-8,10-11,29H2,1-2H3,(H2,30,37)/t13-,15+,28+/m1/s1. The summed E-state index contributed by atoms with van der Waals surface area (Å²) in [6.45, 7) is -0.0554. The minimum absolute atomic E-state index is 0.0451. The molecule has 3 aliphatic rings. The fraction of sp³-hybridized carbons (Fsp3) is 0.321. The van der Waals surface area contributed by atoms with E-state index in [1.54, 1.807) is 6.07 Å². The Bertz CT molecular complexity index is 1470. The van der Waals surface area contributed by atoms with Gasteiger partial charge in [-0.05, 0) is 53.6 Å². The number of nitrogens with two attached hydrogens (primary N) is 2. The summed E-state index contributed by atoms with van der Waals surface area (Å²) in [5.74, 6) is -6.56. The minimum atomic E-state index is -2.60. The van der Waals surface area contributed by atoms with Crippen molar-refractivity contribution in [1.82, 2.24) is 0 Å². The van der Waals surface area contributed by atoms with E-state index in [2.05, 4.69) is 0 Å². The normalized spacial score (nSPS) is 24.6. The first-order valence-corrected chi connectivity index (χ1v) is 12.2. The molecular formula is C28H29N3O7. The number of ketones is 2. The van der Waals surface area contributed by atoms with Gasteiger partial charge in [0.25, 0.3) is 5.91 Å². The molecule has 198 valence electrons. The zero-order chi connectivity index (χ0) is 27.7. The van der Waals surface area contributed by atoms with E-state index in [1.807, 2.05) is 43.3 Å². The summed E-state index contributed by atoms with van der Waals surface area (Å²) >= 11 is 0. The number of aliphatic hydroxyl groups excluding tert-OH is 2. The Morgan fingerprint density at radius 2 is 1.76 bits per heavy atom. The molecular weight excluding hydrogens is 490 g/mol. The van der Waals surface area contributed by atoms with Crippen molar-refractivity contribution in [2.45, 2.75) is 31.4 Å². The van der Waals surface area contributed by atoms with Gasteiger partial charge in [0.05, 0.1) is 5.56 Å². The predicted molar refractivity (Wildman–Crippen MR) is 138 cm³/mol. The van der Waals surface area contributed by atoms with Gasteiger partial charge < -0.3 is 36.8 Å². The predicted octanol–water partition coefficient (Wildman–Crippen LogP) is 1.77. The Balaban J connectivity index is 1.70. The molecule has 0 unspecified atom stereocenters. The van der Waals surface area contributed by atoms with E-state index in [4.69, 9.17) is 11.5 Å². The van der Waals surface area contributed by atoms with E-state index in [9.17, 15) is 34.8 Å². The van der Waals surface area contributed by atoms with Crippen LogP contribution in [-0.2, 0) is 22.6 Å².